The molecule has 1 fully saturated rings. The first-order valence-electron chi connectivity index (χ1n) is 7.87. The minimum Gasteiger partial charge on any atom is -0.436 e. The second-order valence-corrected chi connectivity index (χ2v) is 6.27. The molecule has 0 unspecified atom stereocenters. The molecule has 3 heterocycles. The molecule has 0 radical (unpaired) electrons. The van der Waals surface area contributed by atoms with Gasteiger partial charge in [-0.3, -0.25) is 14.6 Å². The number of nitrogens with one attached hydrogen (secondary N) is 1. The first-order chi connectivity index (χ1) is 11.3. The van der Waals surface area contributed by atoms with E-state index in [4.69, 9.17) is 4.42 Å². The minimum absolute atomic E-state index is 0.0410. The lowest BCUT2D eigenvalue weighted by Crippen LogP contribution is -2.29. The summed E-state index contributed by atoms with van der Waals surface area (Å²) in [6.07, 6.45) is 0.765. The Morgan fingerprint density at radius 2 is 2.12 bits per heavy atom. The fourth-order valence-corrected chi connectivity index (χ4v) is 2.94. The molecule has 0 saturated carbocycles. The molecule has 8 heteroatoms. The van der Waals surface area contributed by atoms with Crippen LogP contribution in [-0.2, 0) is 0 Å². The van der Waals surface area contributed by atoms with Crippen molar-refractivity contribution in [3.63, 3.8) is 0 Å². The number of carbonyl (C=O) groups is 1. The highest BCUT2D eigenvalue weighted by Crippen LogP contribution is 2.27. The summed E-state index contributed by atoms with van der Waals surface area (Å²) >= 11 is 0. The van der Waals surface area contributed by atoms with Crippen molar-refractivity contribution in [3.8, 4) is 0 Å². The van der Waals surface area contributed by atoms with Gasteiger partial charge in [0, 0.05) is 46.1 Å². The molecular formula is C16H21N5O3. The first-order valence-corrected chi connectivity index (χ1v) is 7.87. The maximum Gasteiger partial charge on any atom is 0.291 e. The monoisotopic (exact) mass is 331 g/mol. The largest absolute Gasteiger partial charge is 0.436 e. The van der Waals surface area contributed by atoms with Gasteiger partial charge in [0.15, 0.2) is 5.89 Å². The number of hydrogen-bond acceptors (Lipinski definition) is 6. The molecule has 24 heavy (non-hydrogen) atoms. The number of rotatable bonds is 3. The third-order valence-corrected chi connectivity index (χ3v) is 4.16. The number of likely N-dealkylation sites (tertiary alicyclic amines) is 1. The Hall–Kier alpha value is -2.64. The average molecular weight is 331 g/mol. The van der Waals surface area contributed by atoms with Gasteiger partial charge >= 0.3 is 0 Å². The SMILES string of the molecule is Cc1nc(C)c(C(=O)N2CC[C@H](c3cc(=O)[nH]c(N(C)C)n3)C2)o1. The van der Waals surface area contributed by atoms with Gasteiger partial charge in [-0.2, -0.15) is 0 Å². The quantitative estimate of drug-likeness (QED) is 0.904. The van der Waals surface area contributed by atoms with E-state index >= 15 is 0 Å². The summed E-state index contributed by atoms with van der Waals surface area (Å²) in [6, 6.07) is 1.51. The number of aryl methyl sites for hydroxylation is 2. The lowest BCUT2D eigenvalue weighted by atomic mass is 10.1. The molecule has 128 valence electrons. The lowest BCUT2D eigenvalue weighted by molar-refractivity contribution is 0.0756. The van der Waals surface area contributed by atoms with E-state index in [-0.39, 0.29) is 17.4 Å². The molecule has 3 rings (SSSR count). The van der Waals surface area contributed by atoms with Crippen LogP contribution >= 0.6 is 0 Å². The van der Waals surface area contributed by atoms with E-state index in [9.17, 15) is 9.59 Å². The molecule has 0 aliphatic carbocycles. The molecule has 2 aromatic heterocycles. The molecule has 2 aromatic rings. The van der Waals surface area contributed by atoms with E-state index in [1.165, 1.54) is 6.07 Å². The highest BCUT2D eigenvalue weighted by molar-refractivity contribution is 5.92. The Bertz CT molecular complexity index is 823. The summed E-state index contributed by atoms with van der Waals surface area (Å²) < 4.78 is 5.42. The first kappa shape index (κ1) is 16.2. The van der Waals surface area contributed by atoms with Crippen molar-refractivity contribution in [2.45, 2.75) is 26.2 Å². The number of amides is 1. The van der Waals surface area contributed by atoms with Crippen LogP contribution in [0.15, 0.2) is 15.3 Å². The second kappa shape index (κ2) is 6.10. The van der Waals surface area contributed by atoms with Crippen LogP contribution in [0.2, 0.25) is 0 Å². The predicted octanol–water partition coefficient (Wildman–Crippen LogP) is 1.07. The van der Waals surface area contributed by atoms with Crippen molar-refractivity contribution in [3.05, 3.63) is 39.5 Å². The fourth-order valence-electron chi connectivity index (χ4n) is 2.94. The Kier molecular flexibility index (Phi) is 4.13. The number of H-pyrrole nitrogens is 1. The average Bonchev–Trinajstić information content (AvgIpc) is 3.12. The molecule has 1 saturated heterocycles. The zero-order valence-electron chi connectivity index (χ0n) is 14.3. The summed E-state index contributed by atoms with van der Waals surface area (Å²) in [5.74, 6) is 1.18. The normalized spacial score (nSPS) is 17.3. The van der Waals surface area contributed by atoms with Crippen molar-refractivity contribution in [2.24, 2.45) is 0 Å². The van der Waals surface area contributed by atoms with Gasteiger partial charge in [-0.1, -0.05) is 0 Å². The van der Waals surface area contributed by atoms with E-state index in [1.807, 2.05) is 14.1 Å². The Morgan fingerprint density at radius 1 is 1.38 bits per heavy atom. The van der Waals surface area contributed by atoms with Gasteiger partial charge in [-0.25, -0.2) is 9.97 Å². The van der Waals surface area contributed by atoms with Crippen LogP contribution in [-0.4, -0.2) is 52.9 Å². The van der Waals surface area contributed by atoms with Crippen molar-refractivity contribution in [1.82, 2.24) is 19.9 Å². The summed E-state index contributed by atoms with van der Waals surface area (Å²) in [7, 11) is 3.64. The van der Waals surface area contributed by atoms with Crippen molar-refractivity contribution in [1.29, 1.82) is 0 Å². The molecular weight excluding hydrogens is 310 g/mol. The van der Waals surface area contributed by atoms with Gasteiger partial charge in [-0.15, -0.1) is 0 Å². The minimum atomic E-state index is -0.185. The van der Waals surface area contributed by atoms with E-state index < -0.39 is 0 Å². The van der Waals surface area contributed by atoms with E-state index in [0.29, 0.717) is 42.1 Å². The van der Waals surface area contributed by atoms with Gasteiger partial charge in [0.05, 0.1) is 11.4 Å². The van der Waals surface area contributed by atoms with Crippen molar-refractivity contribution >= 4 is 11.9 Å². The number of aromatic nitrogens is 3. The third kappa shape index (κ3) is 3.04. The molecule has 1 amide bonds. The number of nitrogens with zero attached hydrogens (tertiary/aromatic N) is 4. The van der Waals surface area contributed by atoms with E-state index in [1.54, 1.807) is 23.6 Å². The van der Waals surface area contributed by atoms with Crippen LogP contribution in [0.1, 0.15) is 40.2 Å². The van der Waals surface area contributed by atoms with Gasteiger partial charge in [0.25, 0.3) is 11.5 Å². The number of anilines is 1. The van der Waals surface area contributed by atoms with Crippen LogP contribution in [0.5, 0.6) is 0 Å². The topological polar surface area (TPSA) is 95.3 Å². The maximum absolute atomic E-state index is 12.6. The second-order valence-electron chi connectivity index (χ2n) is 6.27. The predicted molar refractivity (Wildman–Crippen MR) is 88.4 cm³/mol. The maximum atomic E-state index is 12.6. The van der Waals surface area contributed by atoms with Crippen LogP contribution in [0, 0.1) is 13.8 Å². The van der Waals surface area contributed by atoms with Crippen LogP contribution < -0.4 is 10.5 Å². The van der Waals surface area contributed by atoms with Crippen LogP contribution in [0.4, 0.5) is 5.95 Å². The van der Waals surface area contributed by atoms with E-state index in [0.717, 1.165) is 6.42 Å². The lowest BCUT2D eigenvalue weighted by Gasteiger charge is -2.16. The molecule has 1 aliphatic heterocycles. The van der Waals surface area contributed by atoms with Gasteiger partial charge < -0.3 is 14.2 Å². The summed E-state index contributed by atoms with van der Waals surface area (Å²) in [4.78, 5) is 39.3. The molecule has 8 nitrogen and oxygen atoms in total. The van der Waals surface area contributed by atoms with Crippen LogP contribution in [0.25, 0.3) is 0 Å². The number of hydrogen-bond donors (Lipinski definition) is 1. The van der Waals surface area contributed by atoms with Crippen LogP contribution in [0.3, 0.4) is 0 Å². The van der Waals surface area contributed by atoms with Gasteiger partial charge in [0.1, 0.15) is 0 Å². The molecule has 1 N–H and O–H groups in total. The Morgan fingerprint density at radius 3 is 2.75 bits per heavy atom. The van der Waals surface area contributed by atoms with Gasteiger partial charge in [0.2, 0.25) is 11.7 Å². The van der Waals surface area contributed by atoms with Crippen molar-refractivity contribution < 1.29 is 9.21 Å². The highest BCUT2D eigenvalue weighted by Gasteiger charge is 2.31. The molecule has 1 aliphatic rings. The molecule has 1 atom stereocenters. The zero-order chi connectivity index (χ0) is 17.4. The summed E-state index contributed by atoms with van der Waals surface area (Å²) in [5.41, 5.74) is 1.13. The van der Waals surface area contributed by atoms with Gasteiger partial charge in [-0.05, 0) is 13.3 Å². The molecule has 0 bridgehead atoms. The Labute approximate surface area is 139 Å². The number of oxazole rings is 1. The zero-order valence-corrected chi connectivity index (χ0v) is 14.3. The van der Waals surface area contributed by atoms with E-state index in [2.05, 4.69) is 15.0 Å². The Balaban J connectivity index is 1.79. The number of aromatic amines is 1. The summed E-state index contributed by atoms with van der Waals surface area (Å²) in [5, 5.41) is 0. The molecule has 0 spiro atoms. The fraction of sp³-hybridized carbons (Fsp3) is 0.500. The van der Waals surface area contributed by atoms with Crippen molar-refractivity contribution in [2.75, 3.05) is 32.1 Å². The summed E-state index contributed by atoms with van der Waals surface area (Å²) in [6.45, 7) is 4.61. The number of carbonyl (C=O) groups excluding carboxylic acids is 1. The molecule has 0 aromatic carbocycles. The highest BCUT2D eigenvalue weighted by atomic mass is 16.4. The smallest absolute Gasteiger partial charge is 0.291 e. The third-order valence-electron chi connectivity index (χ3n) is 4.16. The standard InChI is InChI=1S/C16H21N5O3/c1-9-14(24-10(2)17-9)15(23)21-6-5-11(8-21)12-7-13(22)19-16(18-12)20(3)4/h7,11H,5-6,8H2,1-4H3,(H,18,19,22)/t11-/m0/s1.